The van der Waals surface area contributed by atoms with Gasteiger partial charge in [0, 0.05) is 23.7 Å². The lowest BCUT2D eigenvalue weighted by Gasteiger charge is -2.30. The van der Waals surface area contributed by atoms with Crippen LogP contribution in [-0.2, 0) is 24.2 Å². The van der Waals surface area contributed by atoms with Crippen LogP contribution in [0.15, 0.2) is 60.7 Å². The van der Waals surface area contributed by atoms with Gasteiger partial charge in [-0.05, 0) is 73.0 Å². The Balaban J connectivity index is 1.28. The number of hydrogen-bond acceptors (Lipinski definition) is 5. The first-order valence-corrected chi connectivity index (χ1v) is 12.5. The molecule has 9 heteroatoms. The molecule has 4 aromatic rings. The maximum Gasteiger partial charge on any atom is 0.335 e. The van der Waals surface area contributed by atoms with Crippen molar-refractivity contribution in [1.82, 2.24) is 14.5 Å². The van der Waals surface area contributed by atoms with Gasteiger partial charge in [-0.1, -0.05) is 17.7 Å². The van der Waals surface area contributed by atoms with Crippen molar-refractivity contribution in [3.63, 3.8) is 0 Å². The lowest BCUT2D eigenvalue weighted by atomic mass is 9.98. The van der Waals surface area contributed by atoms with Gasteiger partial charge in [0.15, 0.2) is 0 Å². The summed E-state index contributed by atoms with van der Waals surface area (Å²) < 4.78 is 13.6. The number of carboxylic acid groups (broad SMARTS) is 1. The fourth-order valence-corrected chi connectivity index (χ4v) is 4.91. The summed E-state index contributed by atoms with van der Waals surface area (Å²) in [7, 11) is 0. The second-order valence-corrected chi connectivity index (χ2v) is 9.72. The van der Waals surface area contributed by atoms with Gasteiger partial charge in [0.05, 0.1) is 35.8 Å². The average Bonchev–Trinajstić information content (AvgIpc) is 3.20. The highest BCUT2D eigenvalue weighted by molar-refractivity contribution is 6.30. The van der Waals surface area contributed by atoms with Gasteiger partial charge in [-0.2, -0.15) is 0 Å². The molecule has 3 aromatic carbocycles. The van der Waals surface area contributed by atoms with Gasteiger partial charge < -0.3 is 24.0 Å². The molecule has 1 saturated heterocycles. The standard InChI is InChI=1S/C28H24ClN3O5/c29-19-3-6-20(7-4-19)37-21-5-1-17-9-11-31(27(33)23(17)14-21)16-26-30-24-8-2-18(28(34)35)13-25(24)32(26)15-22-10-12-36-22/h1-8,13-14,22H,9-12,15-16H2,(H,34,35)/t22-/m0/s1. The van der Waals surface area contributed by atoms with Crippen molar-refractivity contribution >= 4 is 34.5 Å². The number of rotatable bonds is 7. The van der Waals surface area contributed by atoms with E-state index in [1.54, 1.807) is 53.4 Å². The summed E-state index contributed by atoms with van der Waals surface area (Å²) in [4.78, 5) is 31.7. The fraction of sp³-hybridized carbons (Fsp3) is 0.250. The first-order valence-electron chi connectivity index (χ1n) is 12.1. The molecule has 0 unspecified atom stereocenters. The van der Waals surface area contributed by atoms with Gasteiger partial charge in [0.25, 0.3) is 5.91 Å². The molecule has 1 aromatic heterocycles. The highest BCUT2D eigenvalue weighted by Gasteiger charge is 2.28. The Bertz CT molecular complexity index is 1510. The molecule has 0 radical (unpaired) electrons. The Morgan fingerprint density at radius 2 is 1.89 bits per heavy atom. The molecule has 2 aliphatic rings. The molecule has 0 spiro atoms. The summed E-state index contributed by atoms with van der Waals surface area (Å²) in [6.45, 7) is 2.15. The SMILES string of the molecule is O=C(O)c1ccc2nc(CN3CCc4ccc(Oc5ccc(Cl)cc5)cc4C3=O)n(C[C@@H]3CCO3)c2c1. The third kappa shape index (κ3) is 4.65. The molecule has 1 atom stereocenters. The second kappa shape index (κ2) is 9.53. The van der Waals surface area contributed by atoms with Crippen LogP contribution in [-0.4, -0.2) is 50.7 Å². The Hall–Kier alpha value is -3.88. The first kappa shape index (κ1) is 23.5. The molecule has 2 aliphatic heterocycles. The van der Waals surface area contributed by atoms with Gasteiger partial charge in [-0.3, -0.25) is 4.79 Å². The van der Waals surface area contributed by atoms with Crippen LogP contribution in [0.1, 0.15) is 38.5 Å². The summed E-state index contributed by atoms with van der Waals surface area (Å²) in [5.74, 6) is 0.838. The number of halogens is 1. The lowest BCUT2D eigenvalue weighted by Crippen LogP contribution is -2.38. The predicted molar refractivity (Wildman–Crippen MR) is 137 cm³/mol. The minimum atomic E-state index is -0.990. The summed E-state index contributed by atoms with van der Waals surface area (Å²) in [5.41, 5.74) is 3.21. The molecular formula is C28H24ClN3O5. The van der Waals surface area contributed by atoms with Gasteiger partial charge >= 0.3 is 5.97 Å². The van der Waals surface area contributed by atoms with E-state index < -0.39 is 5.97 Å². The molecule has 0 bridgehead atoms. The number of aromatic carboxylic acids is 1. The quantitative estimate of drug-likeness (QED) is 0.363. The van der Waals surface area contributed by atoms with Gasteiger partial charge in [0.1, 0.15) is 17.3 Å². The third-order valence-electron chi connectivity index (χ3n) is 6.89. The highest BCUT2D eigenvalue weighted by Crippen LogP contribution is 2.30. The van der Waals surface area contributed by atoms with Crippen LogP contribution in [0.4, 0.5) is 0 Å². The summed E-state index contributed by atoms with van der Waals surface area (Å²) in [6, 6.07) is 17.6. The van der Waals surface area contributed by atoms with Crippen molar-refractivity contribution in [2.24, 2.45) is 0 Å². The normalized spacial score (nSPS) is 16.9. The number of carboxylic acids is 1. The lowest BCUT2D eigenvalue weighted by molar-refractivity contribution is -0.0591. The van der Waals surface area contributed by atoms with Crippen LogP contribution in [0, 0.1) is 0 Å². The molecule has 8 nitrogen and oxygen atoms in total. The smallest absolute Gasteiger partial charge is 0.335 e. The zero-order valence-electron chi connectivity index (χ0n) is 19.9. The number of amides is 1. The Kier molecular flexibility index (Phi) is 6.06. The van der Waals surface area contributed by atoms with E-state index >= 15 is 0 Å². The van der Waals surface area contributed by atoms with E-state index in [1.807, 2.05) is 16.7 Å². The zero-order valence-corrected chi connectivity index (χ0v) is 20.6. The second-order valence-electron chi connectivity index (χ2n) is 9.28. The zero-order chi connectivity index (χ0) is 25.5. The number of hydrogen-bond donors (Lipinski definition) is 1. The number of aromatic nitrogens is 2. The van der Waals surface area contributed by atoms with Crippen molar-refractivity contribution in [2.45, 2.75) is 32.0 Å². The Morgan fingerprint density at radius 1 is 1.11 bits per heavy atom. The molecule has 3 heterocycles. The van der Waals surface area contributed by atoms with E-state index in [1.165, 1.54) is 0 Å². The van der Waals surface area contributed by atoms with Crippen molar-refractivity contribution in [1.29, 1.82) is 0 Å². The molecule has 0 aliphatic carbocycles. The van der Waals surface area contributed by atoms with Crippen LogP contribution in [0.25, 0.3) is 11.0 Å². The number of carbonyl (C=O) groups excluding carboxylic acids is 1. The van der Waals surface area contributed by atoms with Crippen LogP contribution >= 0.6 is 11.6 Å². The molecule has 37 heavy (non-hydrogen) atoms. The summed E-state index contributed by atoms with van der Waals surface area (Å²) in [5, 5.41) is 10.1. The van der Waals surface area contributed by atoms with E-state index in [0.717, 1.165) is 30.5 Å². The van der Waals surface area contributed by atoms with Crippen molar-refractivity contribution < 1.29 is 24.2 Å². The summed E-state index contributed by atoms with van der Waals surface area (Å²) in [6.07, 6.45) is 1.71. The Morgan fingerprint density at radius 3 is 2.62 bits per heavy atom. The number of imidazole rings is 1. The van der Waals surface area contributed by atoms with E-state index in [2.05, 4.69) is 0 Å². The minimum Gasteiger partial charge on any atom is -0.478 e. The molecule has 0 saturated carbocycles. The van der Waals surface area contributed by atoms with Crippen molar-refractivity contribution in [3.05, 3.63) is 88.2 Å². The van der Waals surface area contributed by atoms with Crippen molar-refractivity contribution in [3.8, 4) is 11.5 Å². The maximum absolute atomic E-state index is 13.5. The van der Waals surface area contributed by atoms with Gasteiger partial charge in [0.2, 0.25) is 0 Å². The number of fused-ring (bicyclic) bond motifs is 2. The molecule has 1 fully saturated rings. The first-order chi connectivity index (χ1) is 17.9. The van der Waals surface area contributed by atoms with Crippen LogP contribution in [0.2, 0.25) is 5.02 Å². The number of carbonyl (C=O) groups is 2. The highest BCUT2D eigenvalue weighted by atomic mass is 35.5. The number of ether oxygens (including phenoxy) is 2. The largest absolute Gasteiger partial charge is 0.478 e. The average molecular weight is 518 g/mol. The van der Waals surface area contributed by atoms with E-state index in [4.69, 9.17) is 26.1 Å². The van der Waals surface area contributed by atoms with E-state index in [-0.39, 0.29) is 17.6 Å². The van der Waals surface area contributed by atoms with Gasteiger partial charge in [-0.15, -0.1) is 0 Å². The van der Waals surface area contributed by atoms with Crippen LogP contribution < -0.4 is 4.74 Å². The molecule has 1 N–H and O–H groups in total. The minimum absolute atomic E-state index is 0.0509. The maximum atomic E-state index is 13.5. The third-order valence-corrected chi connectivity index (χ3v) is 7.14. The Labute approximate surface area is 218 Å². The topological polar surface area (TPSA) is 93.9 Å². The summed E-state index contributed by atoms with van der Waals surface area (Å²) >= 11 is 5.96. The van der Waals surface area contributed by atoms with E-state index in [0.29, 0.717) is 53.1 Å². The van der Waals surface area contributed by atoms with Crippen LogP contribution in [0.3, 0.4) is 0 Å². The predicted octanol–water partition coefficient (Wildman–Crippen LogP) is 5.17. The van der Waals surface area contributed by atoms with Crippen LogP contribution in [0.5, 0.6) is 11.5 Å². The van der Waals surface area contributed by atoms with E-state index in [9.17, 15) is 14.7 Å². The molecule has 188 valence electrons. The van der Waals surface area contributed by atoms with Gasteiger partial charge in [-0.25, -0.2) is 9.78 Å². The molecule has 6 rings (SSSR count). The number of benzene rings is 3. The van der Waals surface area contributed by atoms with Crippen molar-refractivity contribution in [2.75, 3.05) is 13.2 Å². The number of nitrogens with zero attached hydrogens (tertiary/aromatic N) is 3. The molecule has 1 amide bonds. The monoisotopic (exact) mass is 517 g/mol. The fourth-order valence-electron chi connectivity index (χ4n) is 4.79. The molecular weight excluding hydrogens is 494 g/mol.